The van der Waals surface area contributed by atoms with E-state index in [4.69, 9.17) is 26.4 Å². The average Bonchev–Trinajstić information content (AvgIpc) is 3.51. The Hall–Kier alpha value is -5.07. The minimum Gasteiger partial charge on any atom is -0.461 e. The molecule has 266 valence electrons. The third kappa shape index (κ3) is 7.44. The molecule has 1 fully saturated rings. The van der Waals surface area contributed by atoms with Crippen LogP contribution in [-0.2, 0) is 21.3 Å². The zero-order chi connectivity index (χ0) is 36.2. The number of aryl methyl sites for hydroxylation is 1. The van der Waals surface area contributed by atoms with E-state index in [9.17, 15) is 13.2 Å². The second-order valence-corrected chi connectivity index (χ2v) is 15.2. The fourth-order valence-corrected chi connectivity index (χ4v) is 7.89. The number of ether oxygens (including phenoxy) is 1. The maximum Gasteiger partial charge on any atom is 0.339 e. The Morgan fingerprint density at radius 3 is 2.15 bits per heavy atom. The van der Waals surface area contributed by atoms with Gasteiger partial charge in [0.25, 0.3) is 0 Å². The first-order valence-electron chi connectivity index (χ1n) is 17.1. The molecule has 0 aliphatic carbocycles. The first-order chi connectivity index (χ1) is 25.2. The number of halogens is 1. The van der Waals surface area contributed by atoms with Crippen LogP contribution in [0.3, 0.4) is 0 Å². The van der Waals surface area contributed by atoms with Gasteiger partial charge in [0.2, 0.25) is 10.0 Å². The van der Waals surface area contributed by atoms with Crippen molar-refractivity contribution in [2.24, 2.45) is 0 Å². The summed E-state index contributed by atoms with van der Waals surface area (Å²) < 4.78 is 35.5. The largest absolute Gasteiger partial charge is 0.461 e. The van der Waals surface area contributed by atoms with Crippen molar-refractivity contribution in [1.82, 2.24) is 23.8 Å². The Bertz CT molecular complexity index is 2300. The van der Waals surface area contributed by atoms with Gasteiger partial charge in [0.05, 0.1) is 26.9 Å². The number of hydrogen-bond donors (Lipinski definition) is 0. The lowest BCUT2D eigenvalue weighted by Crippen LogP contribution is -2.48. The number of sulfonamides is 1. The van der Waals surface area contributed by atoms with Crippen molar-refractivity contribution >= 4 is 39.1 Å². The molecule has 52 heavy (non-hydrogen) atoms. The molecule has 7 rings (SSSR count). The summed E-state index contributed by atoms with van der Waals surface area (Å²) in [4.78, 5) is 22.8. The molecular formula is C40H39ClN6O4S. The van der Waals surface area contributed by atoms with E-state index in [1.807, 2.05) is 78.2 Å². The normalized spacial score (nSPS) is 13.9. The molecule has 0 atom stereocenters. The van der Waals surface area contributed by atoms with Crippen LogP contribution in [0.25, 0.3) is 28.0 Å². The third-order valence-electron chi connectivity index (χ3n) is 9.33. The lowest BCUT2D eigenvalue weighted by atomic mass is 10.1. The van der Waals surface area contributed by atoms with Crippen LogP contribution in [0.5, 0.6) is 0 Å². The van der Waals surface area contributed by atoms with Gasteiger partial charge in [-0.3, -0.25) is 4.90 Å². The van der Waals surface area contributed by atoms with Crippen LogP contribution < -0.4 is 4.90 Å². The number of hydrogen-bond acceptors (Lipinski definition) is 8. The van der Waals surface area contributed by atoms with Gasteiger partial charge in [-0.25, -0.2) is 18.2 Å². The average molecular weight is 735 g/mol. The summed E-state index contributed by atoms with van der Waals surface area (Å²) in [6, 6.07) is 35.9. The Kier molecular flexibility index (Phi) is 10.4. The van der Waals surface area contributed by atoms with Crippen LogP contribution in [0.1, 0.15) is 21.6 Å². The van der Waals surface area contributed by atoms with Gasteiger partial charge in [-0.2, -0.15) is 13.9 Å². The molecule has 4 aromatic carbocycles. The quantitative estimate of drug-likeness (QED) is 0.134. The van der Waals surface area contributed by atoms with Crippen LogP contribution in [0.2, 0.25) is 5.02 Å². The van der Waals surface area contributed by atoms with Crippen LogP contribution in [-0.4, -0.2) is 84.6 Å². The molecule has 12 heteroatoms. The molecule has 2 aromatic heterocycles. The zero-order valence-electron chi connectivity index (χ0n) is 29.0. The maximum absolute atomic E-state index is 13.3. The van der Waals surface area contributed by atoms with Gasteiger partial charge in [0, 0.05) is 63.5 Å². The lowest BCUT2D eigenvalue weighted by molar-refractivity contribution is 0.0459. The molecular weight excluding hydrogens is 696 g/mol. The molecule has 0 radical (unpaired) electrons. The standard InChI is InChI=1S/C40H39ClN6O4S/c1-29-38(32-16-10-5-11-17-32)39-42-36(31-14-8-4-9-15-31)27-37(47(39)43-29)46-22-20-45(21-23-46)24-25-51-40(48)34-26-33(18-19-35(34)41)52(49,50)44(2)28-30-12-6-3-7-13-30/h3-19,26-27H,20-25,28H2,1-2H3. The molecule has 3 heterocycles. The van der Waals surface area contributed by atoms with Crippen molar-refractivity contribution < 1.29 is 17.9 Å². The zero-order valence-corrected chi connectivity index (χ0v) is 30.6. The van der Waals surface area contributed by atoms with E-state index >= 15 is 0 Å². The molecule has 0 amide bonds. The SMILES string of the molecule is Cc1nn2c(N3CCN(CCOC(=O)c4cc(S(=O)(=O)N(C)Cc5ccccc5)ccc4Cl)CC3)cc(-c3ccccc3)nc2c1-c1ccccc1. The van der Waals surface area contributed by atoms with Crippen molar-refractivity contribution in [2.45, 2.75) is 18.4 Å². The van der Waals surface area contributed by atoms with E-state index in [0.29, 0.717) is 6.54 Å². The first-order valence-corrected chi connectivity index (χ1v) is 19.0. The van der Waals surface area contributed by atoms with E-state index < -0.39 is 16.0 Å². The van der Waals surface area contributed by atoms with Crippen LogP contribution in [0, 0.1) is 6.92 Å². The second kappa shape index (κ2) is 15.3. The predicted octanol–water partition coefficient (Wildman–Crippen LogP) is 6.82. The fourth-order valence-electron chi connectivity index (χ4n) is 6.51. The van der Waals surface area contributed by atoms with Gasteiger partial charge < -0.3 is 9.64 Å². The number of anilines is 1. The molecule has 10 nitrogen and oxygen atoms in total. The monoisotopic (exact) mass is 734 g/mol. The van der Waals surface area contributed by atoms with E-state index in [2.05, 4.69) is 40.1 Å². The highest BCUT2D eigenvalue weighted by atomic mass is 35.5. The predicted molar refractivity (Wildman–Crippen MR) is 204 cm³/mol. The number of fused-ring (bicyclic) bond motifs is 1. The number of aromatic nitrogens is 3. The van der Waals surface area contributed by atoms with Gasteiger partial charge >= 0.3 is 5.97 Å². The van der Waals surface area contributed by atoms with E-state index in [1.54, 1.807) is 0 Å². The Labute approximate surface area is 308 Å². The number of carbonyl (C=O) groups excluding carboxylic acids is 1. The number of piperazine rings is 1. The summed E-state index contributed by atoms with van der Waals surface area (Å²) in [5.74, 6) is 0.307. The maximum atomic E-state index is 13.3. The van der Waals surface area contributed by atoms with Crippen molar-refractivity contribution in [2.75, 3.05) is 51.3 Å². The minimum absolute atomic E-state index is 0.0148. The Balaban J connectivity index is 1.02. The molecule has 0 saturated carbocycles. The minimum atomic E-state index is -3.88. The smallest absolute Gasteiger partial charge is 0.339 e. The van der Waals surface area contributed by atoms with Crippen LogP contribution in [0.15, 0.2) is 120 Å². The summed E-state index contributed by atoms with van der Waals surface area (Å²) in [6.07, 6.45) is 0. The second-order valence-electron chi connectivity index (χ2n) is 12.8. The number of esters is 1. The van der Waals surface area contributed by atoms with Crippen molar-refractivity contribution in [3.63, 3.8) is 0 Å². The molecule has 0 spiro atoms. The highest BCUT2D eigenvalue weighted by Crippen LogP contribution is 2.33. The van der Waals surface area contributed by atoms with Gasteiger partial charge in [-0.05, 0) is 36.2 Å². The number of benzene rings is 4. The third-order valence-corrected chi connectivity index (χ3v) is 11.5. The summed E-state index contributed by atoms with van der Waals surface area (Å²) >= 11 is 6.35. The van der Waals surface area contributed by atoms with E-state index in [-0.39, 0.29) is 28.6 Å². The molecule has 0 bridgehead atoms. The van der Waals surface area contributed by atoms with Crippen molar-refractivity contribution in [1.29, 1.82) is 0 Å². The molecule has 1 aliphatic heterocycles. The Morgan fingerprint density at radius 2 is 1.48 bits per heavy atom. The van der Waals surface area contributed by atoms with Gasteiger partial charge in [-0.15, -0.1) is 0 Å². The summed E-state index contributed by atoms with van der Waals surface area (Å²) in [5, 5.41) is 5.09. The number of carbonyl (C=O) groups is 1. The van der Waals surface area contributed by atoms with Gasteiger partial charge in [0.1, 0.15) is 12.4 Å². The highest BCUT2D eigenvalue weighted by Gasteiger charge is 2.26. The molecule has 1 saturated heterocycles. The fraction of sp³-hybridized carbons (Fsp3) is 0.225. The topological polar surface area (TPSA) is 100 Å². The Morgan fingerprint density at radius 1 is 0.846 bits per heavy atom. The van der Waals surface area contributed by atoms with Crippen LogP contribution >= 0.6 is 11.6 Å². The molecule has 6 aromatic rings. The van der Waals surface area contributed by atoms with Crippen molar-refractivity contribution in [3.8, 4) is 22.4 Å². The van der Waals surface area contributed by atoms with Gasteiger partial charge in [0.15, 0.2) is 5.65 Å². The first kappa shape index (κ1) is 35.3. The molecule has 0 unspecified atom stereocenters. The summed E-state index contributed by atoms with van der Waals surface area (Å²) in [7, 11) is -2.37. The van der Waals surface area contributed by atoms with Gasteiger partial charge in [-0.1, -0.05) is 103 Å². The van der Waals surface area contributed by atoms with E-state index in [1.165, 1.54) is 29.6 Å². The van der Waals surface area contributed by atoms with Crippen LogP contribution in [0.4, 0.5) is 5.82 Å². The van der Waals surface area contributed by atoms with E-state index in [0.717, 1.165) is 71.3 Å². The number of nitrogens with zero attached hydrogens (tertiary/aromatic N) is 6. The summed E-state index contributed by atoms with van der Waals surface area (Å²) in [5.41, 5.74) is 6.59. The molecule has 0 N–H and O–H groups in total. The highest BCUT2D eigenvalue weighted by molar-refractivity contribution is 7.89. The van der Waals surface area contributed by atoms with Crippen molar-refractivity contribution in [3.05, 3.63) is 137 Å². The molecule has 1 aliphatic rings. The number of rotatable bonds is 11. The summed E-state index contributed by atoms with van der Waals surface area (Å²) in [6.45, 7) is 5.84. The lowest BCUT2D eigenvalue weighted by Gasteiger charge is -2.36.